The van der Waals surface area contributed by atoms with Gasteiger partial charge in [0.25, 0.3) is 5.91 Å². The lowest BCUT2D eigenvalue weighted by atomic mass is 9.99. The molecule has 0 aliphatic rings. The molecule has 0 fully saturated rings. The van der Waals surface area contributed by atoms with E-state index in [2.05, 4.69) is 0 Å². The molecule has 0 aliphatic carbocycles. The summed E-state index contributed by atoms with van der Waals surface area (Å²) in [7, 11) is 0. The second-order valence-electron chi connectivity index (χ2n) is 5.21. The van der Waals surface area contributed by atoms with Gasteiger partial charge >= 0.3 is 6.18 Å². The van der Waals surface area contributed by atoms with E-state index in [0.717, 1.165) is 10.5 Å². The van der Waals surface area contributed by atoms with Crippen molar-refractivity contribution in [2.24, 2.45) is 5.73 Å². The van der Waals surface area contributed by atoms with Crippen LogP contribution in [0.4, 0.5) is 13.2 Å². The third-order valence-electron chi connectivity index (χ3n) is 3.11. The largest absolute Gasteiger partial charge is 0.415 e. The van der Waals surface area contributed by atoms with Crippen LogP contribution in [0.5, 0.6) is 0 Å². The van der Waals surface area contributed by atoms with E-state index in [9.17, 15) is 18.0 Å². The van der Waals surface area contributed by atoms with Crippen molar-refractivity contribution in [3.8, 4) is 0 Å². The summed E-state index contributed by atoms with van der Waals surface area (Å²) in [6.07, 6.45) is -4.78. The zero-order valence-corrected chi connectivity index (χ0v) is 11.7. The maximum atomic E-state index is 12.9. The minimum Gasteiger partial charge on any atom is -0.334 e. The van der Waals surface area contributed by atoms with Crippen LogP contribution in [-0.2, 0) is 11.3 Å². The fourth-order valence-electron chi connectivity index (χ4n) is 1.69. The Kier molecular flexibility index (Phi) is 4.81. The van der Waals surface area contributed by atoms with Crippen molar-refractivity contribution in [1.82, 2.24) is 4.90 Å². The minimum atomic E-state index is -4.78. The highest BCUT2D eigenvalue weighted by Crippen LogP contribution is 2.30. The summed E-state index contributed by atoms with van der Waals surface area (Å²) in [5, 5.41) is 0. The number of hydrogen-bond donors (Lipinski definition) is 1. The van der Waals surface area contributed by atoms with Gasteiger partial charge in [0.1, 0.15) is 0 Å². The van der Waals surface area contributed by atoms with Crippen LogP contribution in [0.1, 0.15) is 26.3 Å². The van der Waals surface area contributed by atoms with Gasteiger partial charge < -0.3 is 10.6 Å². The van der Waals surface area contributed by atoms with Crippen LogP contribution in [0, 0.1) is 0 Å². The van der Waals surface area contributed by atoms with E-state index in [1.807, 2.05) is 0 Å². The van der Waals surface area contributed by atoms with Crippen LogP contribution in [-0.4, -0.2) is 28.6 Å². The number of amides is 1. The van der Waals surface area contributed by atoms with Crippen LogP contribution in [0.25, 0.3) is 0 Å². The van der Waals surface area contributed by atoms with Gasteiger partial charge in [-0.25, -0.2) is 0 Å². The lowest BCUT2D eigenvalue weighted by Crippen LogP contribution is -2.63. The van der Waals surface area contributed by atoms with Gasteiger partial charge in [-0.2, -0.15) is 13.2 Å². The average molecular weight is 288 g/mol. The number of carbonyl (C=O) groups excluding carboxylic acids is 1. The standard InChI is InChI=1S/C14H19F3N2O/c1-10(2)19(9-11-7-5-4-6-8-11)12(20)13(3,18)14(15,16)17/h4-8,10H,9,18H2,1-3H3. The van der Waals surface area contributed by atoms with Crippen molar-refractivity contribution < 1.29 is 18.0 Å². The number of benzene rings is 1. The molecule has 0 radical (unpaired) electrons. The van der Waals surface area contributed by atoms with E-state index in [0.29, 0.717) is 6.92 Å². The van der Waals surface area contributed by atoms with E-state index in [-0.39, 0.29) is 12.6 Å². The Morgan fingerprint density at radius 2 is 1.75 bits per heavy atom. The third-order valence-corrected chi connectivity index (χ3v) is 3.11. The zero-order chi connectivity index (χ0) is 15.6. The number of carbonyl (C=O) groups is 1. The smallest absolute Gasteiger partial charge is 0.334 e. The van der Waals surface area contributed by atoms with Crippen LogP contribution in [0.15, 0.2) is 30.3 Å². The predicted octanol–water partition coefficient (Wildman–Crippen LogP) is 2.70. The van der Waals surface area contributed by atoms with Gasteiger partial charge in [0, 0.05) is 12.6 Å². The molecule has 1 unspecified atom stereocenters. The average Bonchev–Trinajstić information content (AvgIpc) is 2.34. The quantitative estimate of drug-likeness (QED) is 0.926. The second kappa shape index (κ2) is 5.83. The lowest BCUT2D eigenvalue weighted by molar-refractivity contribution is -0.195. The van der Waals surface area contributed by atoms with Gasteiger partial charge in [-0.15, -0.1) is 0 Å². The molecule has 0 spiro atoms. The topological polar surface area (TPSA) is 46.3 Å². The van der Waals surface area contributed by atoms with Gasteiger partial charge in [-0.05, 0) is 26.3 Å². The highest BCUT2D eigenvalue weighted by atomic mass is 19.4. The molecule has 1 aromatic carbocycles. The summed E-state index contributed by atoms with van der Waals surface area (Å²) in [4.78, 5) is 13.3. The van der Waals surface area contributed by atoms with E-state index in [1.54, 1.807) is 44.2 Å². The van der Waals surface area contributed by atoms with Crippen molar-refractivity contribution in [2.45, 2.75) is 45.1 Å². The second-order valence-corrected chi connectivity index (χ2v) is 5.21. The van der Waals surface area contributed by atoms with Gasteiger partial charge in [-0.3, -0.25) is 4.79 Å². The van der Waals surface area contributed by atoms with Gasteiger partial charge in [0.05, 0.1) is 0 Å². The highest BCUT2D eigenvalue weighted by Gasteiger charge is 2.55. The Bertz CT molecular complexity index is 455. The van der Waals surface area contributed by atoms with Crippen LogP contribution in [0.2, 0.25) is 0 Å². The maximum Gasteiger partial charge on any atom is 0.415 e. The summed E-state index contributed by atoms with van der Waals surface area (Å²) in [5.41, 5.74) is 3.09. The van der Waals surface area contributed by atoms with Crippen molar-refractivity contribution in [1.29, 1.82) is 0 Å². The van der Waals surface area contributed by atoms with E-state index < -0.39 is 17.6 Å². The molecule has 6 heteroatoms. The molecular formula is C14H19F3N2O. The number of rotatable bonds is 4. The van der Waals surface area contributed by atoms with E-state index >= 15 is 0 Å². The Balaban J connectivity index is 3.01. The number of hydrogen-bond acceptors (Lipinski definition) is 2. The molecule has 0 bridgehead atoms. The van der Waals surface area contributed by atoms with Crippen LogP contribution >= 0.6 is 0 Å². The van der Waals surface area contributed by atoms with Crippen molar-refractivity contribution in [3.63, 3.8) is 0 Å². The predicted molar refractivity (Wildman–Crippen MR) is 70.8 cm³/mol. The Labute approximate surface area is 116 Å². The number of nitrogens with two attached hydrogens (primary N) is 1. The molecule has 2 N–H and O–H groups in total. The summed E-state index contributed by atoms with van der Waals surface area (Å²) in [5.74, 6) is -1.12. The molecule has 1 aromatic rings. The summed E-state index contributed by atoms with van der Waals surface area (Å²) in [6, 6.07) is 8.46. The van der Waals surface area contributed by atoms with E-state index in [1.165, 1.54) is 0 Å². The molecule has 1 rings (SSSR count). The molecule has 1 atom stereocenters. The summed E-state index contributed by atoms with van der Waals surface area (Å²) < 4.78 is 38.6. The summed E-state index contributed by atoms with van der Waals surface area (Å²) in [6.45, 7) is 4.12. The first-order chi connectivity index (χ1) is 9.07. The number of alkyl halides is 3. The Morgan fingerprint density at radius 1 is 1.25 bits per heavy atom. The van der Waals surface area contributed by atoms with Crippen LogP contribution < -0.4 is 5.73 Å². The van der Waals surface area contributed by atoms with Crippen molar-refractivity contribution >= 4 is 5.91 Å². The third kappa shape index (κ3) is 3.50. The van der Waals surface area contributed by atoms with Gasteiger partial charge in [0.15, 0.2) is 5.54 Å². The van der Waals surface area contributed by atoms with Crippen molar-refractivity contribution in [3.05, 3.63) is 35.9 Å². The highest BCUT2D eigenvalue weighted by molar-refractivity contribution is 5.87. The molecule has 0 saturated carbocycles. The zero-order valence-electron chi connectivity index (χ0n) is 11.7. The molecule has 112 valence electrons. The van der Waals surface area contributed by atoms with E-state index in [4.69, 9.17) is 5.73 Å². The molecule has 0 aliphatic heterocycles. The minimum absolute atomic E-state index is 0.0974. The molecule has 3 nitrogen and oxygen atoms in total. The fraction of sp³-hybridized carbons (Fsp3) is 0.500. The summed E-state index contributed by atoms with van der Waals surface area (Å²) >= 11 is 0. The number of halogens is 3. The molecular weight excluding hydrogens is 269 g/mol. The SMILES string of the molecule is CC(C)N(Cc1ccccc1)C(=O)C(C)(N)C(F)(F)F. The normalized spacial score (nSPS) is 15.0. The molecule has 0 saturated heterocycles. The first-order valence-corrected chi connectivity index (χ1v) is 6.28. The fourth-order valence-corrected chi connectivity index (χ4v) is 1.69. The van der Waals surface area contributed by atoms with Crippen LogP contribution in [0.3, 0.4) is 0 Å². The Hall–Kier alpha value is -1.56. The Morgan fingerprint density at radius 3 is 2.15 bits per heavy atom. The van der Waals surface area contributed by atoms with Crippen molar-refractivity contribution in [2.75, 3.05) is 0 Å². The molecule has 0 aromatic heterocycles. The molecule has 0 heterocycles. The monoisotopic (exact) mass is 288 g/mol. The number of nitrogens with zero attached hydrogens (tertiary/aromatic N) is 1. The lowest BCUT2D eigenvalue weighted by Gasteiger charge is -2.35. The molecule has 20 heavy (non-hydrogen) atoms. The molecule has 1 amide bonds. The first-order valence-electron chi connectivity index (χ1n) is 6.28. The van der Waals surface area contributed by atoms with Gasteiger partial charge in [-0.1, -0.05) is 30.3 Å². The first kappa shape index (κ1) is 16.5. The van der Waals surface area contributed by atoms with Gasteiger partial charge in [0.2, 0.25) is 0 Å². The maximum absolute atomic E-state index is 12.9.